The van der Waals surface area contributed by atoms with Crippen molar-refractivity contribution in [1.29, 1.82) is 0 Å². The van der Waals surface area contributed by atoms with Crippen molar-refractivity contribution in [2.75, 3.05) is 12.4 Å². The van der Waals surface area contributed by atoms with Gasteiger partial charge in [0.2, 0.25) is 5.91 Å². The third-order valence-electron chi connectivity index (χ3n) is 4.21. The number of amides is 1. The van der Waals surface area contributed by atoms with Gasteiger partial charge in [-0.25, -0.2) is 0 Å². The monoisotopic (exact) mass is 416 g/mol. The first-order valence-electron chi connectivity index (χ1n) is 9.01. The molecular weight excluding hydrogens is 397 g/mol. The molecule has 0 aliphatic carbocycles. The number of nitrogens with one attached hydrogen (secondary N) is 1. The zero-order valence-corrected chi connectivity index (χ0v) is 16.1. The predicted octanol–water partition coefficient (Wildman–Crippen LogP) is 4.87. The number of nitrogens with zero attached hydrogens (tertiary/aromatic N) is 1. The minimum absolute atomic E-state index is 0.0595. The Kier molecular flexibility index (Phi) is 6.56. The van der Waals surface area contributed by atoms with Crippen molar-refractivity contribution in [3.05, 3.63) is 83.7 Å². The summed E-state index contributed by atoms with van der Waals surface area (Å²) in [6, 6.07) is 13.1. The molecule has 1 N–H and O–H groups in total. The maximum absolute atomic E-state index is 12.6. The lowest BCUT2D eigenvalue weighted by Crippen LogP contribution is -2.15. The van der Waals surface area contributed by atoms with Crippen molar-refractivity contribution in [3.63, 3.8) is 0 Å². The van der Waals surface area contributed by atoms with Crippen LogP contribution in [0.2, 0.25) is 0 Å². The Balaban J connectivity index is 1.64. The van der Waals surface area contributed by atoms with Crippen molar-refractivity contribution in [1.82, 2.24) is 4.98 Å². The van der Waals surface area contributed by atoms with E-state index in [2.05, 4.69) is 10.3 Å². The number of halogens is 3. The average molecular weight is 416 g/mol. The summed E-state index contributed by atoms with van der Waals surface area (Å²) < 4.78 is 49.0. The molecule has 0 bridgehead atoms. The molecule has 0 unspecified atom stereocenters. The number of aromatic nitrogens is 1. The summed E-state index contributed by atoms with van der Waals surface area (Å²) in [7, 11) is 1.51. The van der Waals surface area contributed by atoms with Crippen LogP contribution in [0.15, 0.2) is 67.0 Å². The van der Waals surface area contributed by atoms with Gasteiger partial charge in [0.15, 0.2) is 11.5 Å². The van der Waals surface area contributed by atoms with E-state index in [1.165, 1.54) is 19.2 Å². The van der Waals surface area contributed by atoms with E-state index >= 15 is 0 Å². The highest BCUT2D eigenvalue weighted by molar-refractivity contribution is 5.92. The molecule has 0 radical (unpaired) electrons. The molecule has 0 saturated heterocycles. The molecule has 1 aromatic heterocycles. The van der Waals surface area contributed by atoms with Crippen LogP contribution in [0.25, 0.3) is 0 Å². The number of hydrogen-bond acceptors (Lipinski definition) is 4. The topological polar surface area (TPSA) is 60.5 Å². The highest BCUT2D eigenvalue weighted by Gasteiger charge is 2.29. The lowest BCUT2D eigenvalue weighted by atomic mass is 10.1. The van der Waals surface area contributed by atoms with E-state index in [9.17, 15) is 18.0 Å². The molecule has 5 nitrogen and oxygen atoms in total. The fraction of sp³-hybridized carbons (Fsp3) is 0.182. The summed E-state index contributed by atoms with van der Waals surface area (Å²) in [6.07, 6.45) is -1.12. The second kappa shape index (κ2) is 9.30. The van der Waals surface area contributed by atoms with Gasteiger partial charge in [-0.15, -0.1) is 0 Å². The molecule has 1 heterocycles. The van der Waals surface area contributed by atoms with E-state index in [1.54, 1.807) is 36.7 Å². The molecule has 3 rings (SSSR count). The van der Waals surface area contributed by atoms with E-state index < -0.39 is 11.7 Å². The number of carbonyl (C=O) groups excluding carboxylic acids is 1. The number of rotatable bonds is 7. The normalized spacial score (nSPS) is 11.1. The van der Waals surface area contributed by atoms with Crippen LogP contribution in [0, 0.1) is 0 Å². The van der Waals surface area contributed by atoms with Crippen molar-refractivity contribution in [2.24, 2.45) is 0 Å². The van der Waals surface area contributed by atoms with E-state index in [1.807, 2.05) is 6.07 Å². The molecule has 0 aliphatic heterocycles. The summed E-state index contributed by atoms with van der Waals surface area (Å²) >= 11 is 0. The fourth-order valence-electron chi connectivity index (χ4n) is 2.71. The van der Waals surface area contributed by atoms with E-state index in [0.717, 1.165) is 17.7 Å². The Bertz CT molecular complexity index is 991. The van der Waals surface area contributed by atoms with Crippen molar-refractivity contribution >= 4 is 11.6 Å². The molecule has 0 fully saturated rings. The fourth-order valence-corrected chi connectivity index (χ4v) is 2.71. The smallest absolute Gasteiger partial charge is 0.416 e. The molecule has 8 heteroatoms. The van der Waals surface area contributed by atoms with Crippen LogP contribution in [-0.4, -0.2) is 18.0 Å². The minimum Gasteiger partial charge on any atom is -0.493 e. The number of carbonyl (C=O) groups is 1. The van der Waals surface area contributed by atoms with Crippen LogP contribution in [0.5, 0.6) is 11.5 Å². The molecular formula is C22H19F3N2O3. The van der Waals surface area contributed by atoms with Crippen molar-refractivity contribution in [2.45, 2.75) is 19.2 Å². The highest BCUT2D eigenvalue weighted by atomic mass is 19.4. The van der Waals surface area contributed by atoms with Gasteiger partial charge < -0.3 is 14.8 Å². The van der Waals surface area contributed by atoms with E-state index in [-0.39, 0.29) is 18.9 Å². The molecule has 1 amide bonds. The minimum atomic E-state index is -4.41. The van der Waals surface area contributed by atoms with E-state index in [0.29, 0.717) is 22.7 Å². The van der Waals surface area contributed by atoms with Crippen LogP contribution in [0.1, 0.15) is 16.7 Å². The first-order valence-corrected chi connectivity index (χ1v) is 9.01. The van der Waals surface area contributed by atoms with Gasteiger partial charge in [-0.05, 0) is 35.9 Å². The van der Waals surface area contributed by atoms with Gasteiger partial charge in [-0.3, -0.25) is 9.78 Å². The molecule has 156 valence electrons. The first-order chi connectivity index (χ1) is 14.3. The predicted molar refractivity (Wildman–Crippen MR) is 105 cm³/mol. The Morgan fingerprint density at radius 1 is 1.03 bits per heavy atom. The standard InChI is InChI=1S/C22H19F3N2O3/c1-29-19-9-8-18(12-20(19)30-14-16-3-2-10-26-13-16)27-21(28)11-15-4-6-17(7-5-15)22(23,24)25/h2-10,12-13H,11,14H2,1H3,(H,27,28). The lowest BCUT2D eigenvalue weighted by Gasteiger charge is -2.13. The summed E-state index contributed by atoms with van der Waals surface area (Å²) in [5.41, 5.74) is 1.07. The van der Waals surface area contributed by atoms with Gasteiger partial charge in [0.05, 0.1) is 19.1 Å². The Hall–Kier alpha value is -3.55. The Morgan fingerprint density at radius 2 is 1.80 bits per heavy atom. The SMILES string of the molecule is COc1ccc(NC(=O)Cc2ccc(C(F)(F)F)cc2)cc1OCc1cccnc1. The average Bonchev–Trinajstić information content (AvgIpc) is 2.73. The van der Waals surface area contributed by atoms with Gasteiger partial charge in [-0.1, -0.05) is 18.2 Å². The van der Waals surface area contributed by atoms with Gasteiger partial charge in [0, 0.05) is 29.7 Å². The van der Waals surface area contributed by atoms with Crippen LogP contribution in [-0.2, 0) is 24.0 Å². The molecule has 0 aliphatic rings. The molecule has 2 aromatic carbocycles. The third kappa shape index (κ3) is 5.73. The summed E-state index contributed by atoms with van der Waals surface area (Å²) in [5, 5.41) is 2.72. The summed E-state index contributed by atoms with van der Waals surface area (Å²) in [5.74, 6) is 0.575. The summed E-state index contributed by atoms with van der Waals surface area (Å²) in [4.78, 5) is 16.3. The Labute approximate surface area is 171 Å². The van der Waals surface area contributed by atoms with Crippen LogP contribution >= 0.6 is 0 Å². The van der Waals surface area contributed by atoms with Crippen LogP contribution in [0.4, 0.5) is 18.9 Å². The maximum atomic E-state index is 12.6. The largest absolute Gasteiger partial charge is 0.493 e. The van der Waals surface area contributed by atoms with Gasteiger partial charge in [0.25, 0.3) is 0 Å². The highest BCUT2D eigenvalue weighted by Crippen LogP contribution is 2.31. The molecule has 0 saturated carbocycles. The lowest BCUT2D eigenvalue weighted by molar-refractivity contribution is -0.137. The molecule has 3 aromatic rings. The zero-order chi connectivity index (χ0) is 21.6. The van der Waals surface area contributed by atoms with Crippen LogP contribution in [0.3, 0.4) is 0 Å². The van der Waals surface area contributed by atoms with Crippen molar-refractivity contribution < 1.29 is 27.4 Å². The number of hydrogen-bond donors (Lipinski definition) is 1. The molecule has 0 atom stereocenters. The van der Waals surface area contributed by atoms with Crippen molar-refractivity contribution in [3.8, 4) is 11.5 Å². The second-order valence-electron chi connectivity index (χ2n) is 6.44. The second-order valence-corrected chi connectivity index (χ2v) is 6.44. The zero-order valence-electron chi connectivity index (χ0n) is 16.1. The number of pyridine rings is 1. The van der Waals surface area contributed by atoms with Gasteiger partial charge in [-0.2, -0.15) is 13.2 Å². The third-order valence-corrected chi connectivity index (χ3v) is 4.21. The Morgan fingerprint density at radius 3 is 2.43 bits per heavy atom. The number of alkyl halides is 3. The first kappa shape index (κ1) is 21.2. The summed E-state index contributed by atoms with van der Waals surface area (Å²) in [6.45, 7) is 0.271. The maximum Gasteiger partial charge on any atom is 0.416 e. The number of anilines is 1. The van der Waals surface area contributed by atoms with E-state index in [4.69, 9.17) is 9.47 Å². The number of methoxy groups -OCH3 is 1. The van der Waals surface area contributed by atoms with Gasteiger partial charge >= 0.3 is 6.18 Å². The molecule has 0 spiro atoms. The van der Waals surface area contributed by atoms with Gasteiger partial charge in [0.1, 0.15) is 6.61 Å². The van der Waals surface area contributed by atoms with Crippen LogP contribution < -0.4 is 14.8 Å². The number of benzene rings is 2. The quantitative estimate of drug-likeness (QED) is 0.597. The molecule has 30 heavy (non-hydrogen) atoms. The number of ether oxygens (including phenoxy) is 2.